The predicted octanol–water partition coefficient (Wildman–Crippen LogP) is 5.09. The van der Waals surface area contributed by atoms with Gasteiger partial charge in [0.2, 0.25) is 5.78 Å². The Kier molecular flexibility index (Phi) is 5.04. The fourth-order valence-corrected chi connectivity index (χ4v) is 4.50. The molecule has 0 saturated heterocycles. The molecule has 1 aliphatic rings. The van der Waals surface area contributed by atoms with Gasteiger partial charge in [0.25, 0.3) is 0 Å². The van der Waals surface area contributed by atoms with Crippen LogP contribution in [-0.4, -0.2) is 22.2 Å². The Hall–Kier alpha value is -1.27. The van der Waals surface area contributed by atoms with Crippen LogP contribution in [0.3, 0.4) is 0 Å². The highest BCUT2D eigenvalue weighted by molar-refractivity contribution is 9.10. The van der Waals surface area contributed by atoms with Gasteiger partial charge in [-0.2, -0.15) is 0 Å². The second kappa shape index (κ2) is 6.80. The second-order valence-corrected chi connectivity index (χ2v) is 8.89. The molecule has 2 aromatic rings. The minimum absolute atomic E-state index is 0.0795. The van der Waals surface area contributed by atoms with Gasteiger partial charge in [0.15, 0.2) is 10.5 Å². The quantitative estimate of drug-likeness (QED) is 0.626. The number of hydrogen-bond acceptors (Lipinski definition) is 3. The van der Waals surface area contributed by atoms with Crippen LogP contribution in [0.4, 0.5) is 0 Å². The first-order chi connectivity index (χ1) is 11.7. The summed E-state index contributed by atoms with van der Waals surface area (Å²) in [6.07, 6.45) is 1.62. The number of carbonyl (C=O) groups excluding carboxylic acids is 1. The molecule has 0 bridgehead atoms. The second-order valence-electron chi connectivity index (χ2n) is 6.25. The maximum atomic E-state index is 12.9. The van der Waals surface area contributed by atoms with Crippen molar-refractivity contribution >= 4 is 55.8 Å². The van der Waals surface area contributed by atoms with Crippen molar-refractivity contribution < 1.29 is 14.1 Å². The number of Topliss-reactive ketones (excluding diaryl/α,β-unsaturated/α-hetero) is 1. The highest BCUT2D eigenvalue weighted by Gasteiger charge is 2.42. The van der Waals surface area contributed by atoms with Crippen LogP contribution >= 0.6 is 27.5 Å². The summed E-state index contributed by atoms with van der Waals surface area (Å²) >= 11 is 8.31. The molecule has 3 nitrogen and oxygen atoms in total. The van der Waals surface area contributed by atoms with E-state index in [9.17, 15) is 9.35 Å². The Morgan fingerprint density at radius 3 is 2.28 bits per heavy atom. The summed E-state index contributed by atoms with van der Waals surface area (Å²) in [5, 5.41) is 0.606. The van der Waals surface area contributed by atoms with E-state index in [1.165, 1.54) is 0 Å². The summed E-state index contributed by atoms with van der Waals surface area (Å²) in [5.74, 6) is 0.440. The number of rotatable bonds is 3. The average Bonchev–Trinajstić information content (AvgIpc) is 2.78. The van der Waals surface area contributed by atoms with Crippen LogP contribution in [0.2, 0.25) is 5.02 Å². The van der Waals surface area contributed by atoms with E-state index in [-0.39, 0.29) is 5.78 Å². The molecule has 25 heavy (non-hydrogen) atoms. The summed E-state index contributed by atoms with van der Waals surface area (Å²) in [7, 11) is 0. The molecule has 0 amide bonds. The first-order valence-electron chi connectivity index (χ1n) is 7.58. The number of carbonyl (C=O) groups is 1. The predicted molar refractivity (Wildman–Crippen MR) is 105 cm³/mol. The van der Waals surface area contributed by atoms with E-state index >= 15 is 0 Å². The third-order valence-corrected chi connectivity index (χ3v) is 6.14. The first-order valence-corrected chi connectivity index (χ1v) is 10.3. The van der Waals surface area contributed by atoms with Gasteiger partial charge < -0.3 is 9.29 Å². The molecule has 0 aliphatic carbocycles. The lowest BCUT2D eigenvalue weighted by Gasteiger charge is -2.18. The molecule has 0 saturated carbocycles. The maximum Gasteiger partial charge on any atom is 0.210 e. The van der Waals surface area contributed by atoms with E-state index in [0.717, 1.165) is 15.6 Å². The van der Waals surface area contributed by atoms with Gasteiger partial charge in [-0.3, -0.25) is 4.79 Å². The molecular weight excluding hydrogens is 424 g/mol. The molecule has 6 heteroatoms. The Labute approximate surface area is 163 Å². The fourth-order valence-electron chi connectivity index (χ4n) is 2.71. The van der Waals surface area contributed by atoms with Crippen LogP contribution in [0.25, 0.3) is 11.3 Å². The molecule has 2 aromatic carbocycles. The molecule has 3 rings (SSSR count). The van der Waals surface area contributed by atoms with Gasteiger partial charge in [-0.1, -0.05) is 23.7 Å². The summed E-state index contributed by atoms with van der Waals surface area (Å²) < 4.78 is 18.5. The van der Waals surface area contributed by atoms with Crippen molar-refractivity contribution in [2.45, 2.75) is 24.3 Å². The van der Waals surface area contributed by atoms with Crippen molar-refractivity contribution in [3.63, 3.8) is 0 Å². The fraction of sp³-hybridized carbons (Fsp3) is 0.211. The highest BCUT2D eigenvalue weighted by atomic mass is 79.9. The molecule has 1 heterocycles. The van der Waals surface area contributed by atoms with Crippen LogP contribution in [-0.2, 0) is 20.7 Å². The summed E-state index contributed by atoms with van der Waals surface area (Å²) in [6, 6.07) is 12.5. The lowest BCUT2D eigenvalue weighted by molar-refractivity contribution is -0.125. The molecule has 0 radical (unpaired) electrons. The average molecular weight is 440 g/mol. The van der Waals surface area contributed by atoms with E-state index in [1.807, 2.05) is 24.3 Å². The minimum atomic E-state index is -1.11. The zero-order valence-corrected chi connectivity index (χ0v) is 17.1. The molecule has 1 atom stereocenters. The third kappa shape index (κ3) is 3.51. The smallest absolute Gasteiger partial charge is 0.210 e. The normalized spacial score (nSPS) is 17.6. The summed E-state index contributed by atoms with van der Waals surface area (Å²) in [5.41, 5.74) is 1.10. The molecular formula is C19H16BrClO3S. The van der Waals surface area contributed by atoms with Gasteiger partial charge >= 0.3 is 0 Å². The van der Waals surface area contributed by atoms with Gasteiger partial charge in [-0.25, -0.2) is 0 Å². The molecule has 1 unspecified atom stereocenters. The lowest BCUT2D eigenvalue weighted by atomic mass is 9.93. The number of halogens is 2. The van der Waals surface area contributed by atoms with Gasteiger partial charge in [-0.05, 0) is 76.8 Å². The van der Waals surface area contributed by atoms with Crippen LogP contribution in [0.1, 0.15) is 25.0 Å². The molecule has 1 aliphatic heterocycles. The van der Waals surface area contributed by atoms with Crippen molar-refractivity contribution in [2.24, 2.45) is 0 Å². The van der Waals surface area contributed by atoms with Crippen LogP contribution in [0, 0.1) is 0 Å². The van der Waals surface area contributed by atoms with Crippen LogP contribution in [0.15, 0.2) is 51.8 Å². The van der Waals surface area contributed by atoms with Crippen molar-refractivity contribution in [2.75, 3.05) is 6.26 Å². The molecule has 0 spiro atoms. The number of ketones is 1. The zero-order valence-electron chi connectivity index (χ0n) is 13.9. The molecule has 0 aromatic heterocycles. The molecule has 0 N–H and O–H groups in total. The molecule has 0 fully saturated rings. The van der Waals surface area contributed by atoms with Gasteiger partial charge in [0.05, 0.1) is 10.0 Å². The Morgan fingerprint density at radius 1 is 1.12 bits per heavy atom. The molecule has 130 valence electrons. The van der Waals surface area contributed by atoms with Crippen molar-refractivity contribution in [1.29, 1.82) is 0 Å². The Bertz CT molecular complexity index is 873. The monoisotopic (exact) mass is 438 g/mol. The SMILES string of the molecule is C[S+]([O-])c1ccc(C2=C(c3ccc(Cl)cc3)C(=O)C(C)(C)O2)cc1Br. The van der Waals surface area contributed by atoms with E-state index in [1.54, 1.807) is 38.3 Å². The zero-order chi connectivity index (χ0) is 18.4. The maximum absolute atomic E-state index is 12.9. The Morgan fingerprint density at radius 2 is 1.72 bits per heavy atom. The third-order valence-electron chi connectivity index (χ3n) is 3.99. The van der Waals surface area contributed by atoms with E-state index in [0.29, 0.717) is 21.3 Å². The summed E-state index contributed by atoms with van der Waals surface area (Å²) in [6.45, 7) is 3.51. The van der Waals surface area contributed by atoms with Gasteiger partial charge in [0, 0.05) is 10.6 Å². The topological polar surface area (TPSA) is 49.4 Å². The summed E-state index contributed by atoms with van der Waals surface area (Å²) in [4.78, 5) is 13.6. The number of benzene rings is 2. The Balaban J connectivity index is 2.17. The van der Waals surface area contributed by atoms with Crippen molar-refractivity contribution in [3.8, 4) is 0 Å². The van der Waals surface area contributed by atoms with E-state index in [2.05, 4.69) is 15.9 Å². The van der Waals surface area contributed by atoms with Crippen LogP contribution < -0.4 is 0 Å². The number of ether oxygens (including phenoxy) is 1. The van der Waals surface area contributed by atoms with Gasteiger partial charge in [-0.15, -0.1) is 0 Å². The largest absolute Gasteiger partial charge is 0.612 e. The standard InChI is InChI=1S/C19H16BrClO3S/c1-19(2)18(22)16(11-4-7-13(21)8-5-11)17(24-19)12-6-9-15(25(3)23)14(20)10-12/h4-10H,1-3H3. The number of hydrogen-bond donors (Lipinski definition) is 0. The lowest BCUT2D eigenvalue weighted by Crippen LogP contribution is -2.29. The first kappa shape index (κ1) is 18.5. The van der Waals surface area contributed by atoms with Crippen molar-refractivity contribution in [1.82, 2.24) is 0 Å². The van der Waals surface area contributed by atoms with Crippen molar-refractivity contribution in [3.05, 3.63) is 63.1 Å². The van der Waals surface area contributed by atoms with E-state index < -0.39 is 16.8 Å². The van der Waals surface area contributed by atoms with Crippen LogP contribution in [0.5, 0.6) is 0 Å². The highest BCUT2D eigenvalue weighted by Crippen LogP contribution is 2.42. The van der Waals surface area contributed by atoms with Gasteiger partial charge in [0.1, 0.15) is 12.0 Å². The van der Waals surface area contributed by atoms with E-state index in [4.69, 9.17) is 16.3 Å². The minimum Gasteiger partial charge on any atom is -0.612 e.